The van der Waals surface area contributed by atoms with E-state index in [1.54, 1.807) is 0 Å². The number of carbonyl (C=O) groups excluding carboxylic acids is 1. The smallest absolute Gasteiger partial charge is 0.305 e. The zero-order chi connectivity index (χ0) is 15.8. The topological polar surface area (TPSA) is 66.8 Å². The van der Waals surface area contributed by atoms with E-state index in [2.05, 4.69) is 0 Å². The molecule has 0 aliphatic rings. The molecule has 0 fully saturated rings. The summed E-state index contributed by atoms with van der Waals surface area (Å²) in [6.45, 7) is 6.35. The van der Waals surface area contributed by atoms with Gasteiger partial charge in [-0.2, -0.15) is 0 Å². The van der Waals surface area contributed by atoms with Gasteiger partial charge in [0.25, 0.3) is 5.91 Å². The predicted octanol–water partition coefficient (Wildman–Crippen LogP) is 2.48. The van der Waals surface area contributed by atoms with E-state index < -0.39 is 12.1 Å². The van der Waals surface area contributed by atoms with Gasteiger partial charge in [0, 0.05) is 13.1 Å². The third-order valence-corrected chi connectivity index (χ3v) is 3.20. The maximum Gasteiger partial charge on any atom is 0.305 e. The number of aryl methyl sites for hydroxylation is 1. The number of hydrogen-bond donors (Lipinski definition) is 1. The molecule has 0 aliphatic carbocycles. The molecule has 5 nitrogen and oxygen atoms in total. The number of amides is 1. The maximum absolute atomic E-state index is 12.4. The molecule has 5 heteroatoms. The highest BCUT2D eigenvalue weighted by Crippen LogP contribution is 2.16. The van der Waals surface area contributed by atoms with Gasteiger partial charge in [-0.25, -0.2) is 0 Å². The summed E-state index contributed by atoms with van der Waals surface area (Å²) in [4.78, 5) is 24.6. The molecule has 21 heavy (non-hydrogen) atoms. The Hall–Kier alpha value is -2.04. The molecule has 0 saturated carbocycles. The van der Waals surface area contributed by atoms with Crippen LogP contribution >= 0.6 is 0 Å². The first-order chi connectivity index (χ1) is 9.97. The normalized spacial score (nSPS) is 11.8. The minimum Gasteiger partial charge on any atom is -0.481 e. The van der Waals surface area contributed by atoms with Crippen LogP contribution in [0.3, 0.4) is 0 Å². The minimum atomic E-state index is -0.908. The lowest BCUT2D eigenvalue weighted by molar-refractivity contribution is -0.141. The number of rotatable bonds is 8. The average Bonchev–Trinajstić information content (AvgIpc) is 2.45. The molecule has 0 spiro atoms. The van der Waals surface area contributed by atoms with Crippen LogP contribution in [0, 0.1) is 6.92 Å². The summed E-state index contributed by atoms with van der Waals surface area (Å²) in [5, 5.41) is 8.73. The van der Waals surface area contributed by atoms with Crippen molar-refractivity contribution in [1.82, 2.24) is 4.90 Å². The molecule has 0 bridgehead atoms. The van der Waals surface area contributed by atoms with E-state index >= 15 is 0 Å². The molecular formula is C16H23NO4. The lowest BCUT2D eigenvalue weighted by atomic mass is 10.2. The second-order valence-corrected chi connectivity index (χ2v) is 4.89. The summed E-state index contributed by atoms with van der Waals surface area (Å²) < 4.78 is 5.76. The van der Waals surface area contributed by atoms with Crippen molar-refractivity contribution >= 4 is 11.9 Å². The molecule has 0 heterocycles. The number of aliphatic carboxylic acids is 1. The Labute approximate surface area is 125 Å². The summed E-state index contributed by atoms with van der Waals surface area (Å²) in [6, 6.07) is 7.53. The van der Waals surface area contributed by atoms with Crippen LogP contribution in [0.2, 0.25) is 0 Å². The molecule has 1 amide bonds. The first kappa shape index (κ1) is 17.0. The lowest BCUT2D eigenvalue weighted by Gasteiger charge is -2.25. The van der Waals surface area contributed by atoms with Gasteiger partial charge >= 0.3 is 5.97 Å². The van der Waals surface area contributed by atoms with Crippen LogP contribution in [0.1, 0.15) is 32.3 Å². The molecule has 0 saturated heterocycles. The maximum atomic E-state index is 12.4. The number of carbonyl (C=O) groups is 2. The molecule has 1 unspecified atom stereocenters. The van der Waals surface area contributed by atoms with Crippen molar-refractivity contribution in [2.75, 3.05) is 13.1 Å². The van der Waals surface area contributed by atoms with Crippen molar-refractivity contribution in [3.63, 3.8) is 0 Å². The monoisotopic (exact) mass is 293 g/mol. The summed E-state index contributed by atoms with van der Waals surface area (Å²) >= 11 is 0. The summed E-state index contributed by atoms with van der Waals surface area (Å²) in [7, 11) is 0. The summed E-state index contributed by atoms with van der Waals surface area (Å²) in [5.41, 5.74) is 1.06. The van der Waals surface area contributed by atoms with E-state index in [1.807, 2.05) is 45.0 Å². The summed E-state index contributed by atoms with van der Waals surface area (Å²) in [5.74, 6) is -0.416. The van der Waals surface area contributed by atoms with E-state index in [0.29, 0.717) is 18.7 Å². The van der Waals surface area contributed by atoms with Crippen LogP contribution in [0.5, 0.6) is 5.75 Å². The fourth-order valence-electron chi connectivity index (χ4n) is 2.02. The van der Waals surface area contributed by atoms with Gasteiger partial charge in [-0.3, -0.25) is 9.59 Å². The molecule has 116 valence electrons. The van der Waals surface area contributed by atoms with E-state index in [-0.39, 0.29) is 18.9 Å². The first-order valence-corrected chi connectivity index (χ1v) is 7.21. The van der Waals surface area contributed by atoms with E-state index in [4.69, 9.17) is 9.84 Å². The minimum absolute atomic E-state index is 0.0551. The third-order valence-electron chi connectivity index (χ3n) is 3.20. The zero-order valence-corrected chi connectivity index (χ0v) is 12.8. The fourth-order valence-corrected chi connectivity index (χ4v) is 2.02. The Balaban J connectivity index is 2.72. The fraction of sp³-hybridized carbons (Fsp3) is 0.500. The van der Waals surface area contributed by atoms with Gasteiger partial charge in [0.15, 0.2) is 6.10 Å². The molecule has 0 aliphatic heterocycles. The van der Waals surface area contributed by atoms with Crippen LogP contribution in [0.25, 0.3) is 0 Å². The largest absolute Gasteiger partial charge is 0.481 e. The molecule has 1 aromatic rings. The molecule has 1 N–H and O–H groups in total. The SMILES string of the molecule is CCC(Oc1cccc(C)c1)C(=O)N(CC)CCC(=O)O. The highest BCUT2D eigenvalue weighted by Gasteiger charge is 2.24. The zero-order valence-electron chi connectivity index (χ0n) is 12.8. The Morgan fingerprint density at radius 3 is 2.57 bits per heavy atom. The number of hydrogen-bond acceptors (Lipinski definition) is 3. The van der Waals surface area contributed by atoms with Gasteiger partial charge in [0.2, 0.25) is 0 Å². The summed E-state index contributed by atoms with van der Waals surface area (Å²) in [6.07, 6.45) is -0.0999. The first-order valence-electron chi connectivity index (χ1n) is 7.21. The van der Waals surface area contributed by atoms with E-state index in [0.717, 1.165) is 5.56 Å². The van der Waals surface area contributed by atoms with E-state index in [1.165, 1.54) is 4.90 Å². The van der Waals surface area contributed by atoms with Gasteiger partial charge in [-0.15, -0.1) is 0 Å². The van der Waals surface area contributed by atoms with Crippen LogP contribution in [0.4, 0.5) is 0 Å². The average molecular weight is 293 g/mol. The predicted molar refractivity (Wildman–Crippen MR) is 80.4 cm³/mol. The van der Waals surface area contributed by atoms with Crippen LogP contribution in [-0.4, -0.2) is 41.1 Å². The molecule has 0 radical (unpaired) electrons. The second kappa shape index (κ2) is 8.29. The quantitative estimate of drug-likeness (QED) is 0.799. The molecule has 1 rings (SSSR count). The number of carboxylic acid groups (broad SMARTS) is 1. The van der Waals surface area contributed by atoms with Gasteiger partial charge in [-0.05, 0) is 38.0 Å². The van der Waals surface area contributed by atoms with Crippen LogP contribution < -0.4 is 4.74 Å². The third kappa shape index (κ3) is 5.45. The number of benzene rings is 1. The van der Waals surface area contributed by atoms with Crippen LogP contribution in [0.15, 0.2) is 24.3 Å². The van der Waals surface area contributed by atoms with Crippen molar-refractivity contribution in [2.24, 2.45) is 0 Å². The van der Waals surface area contributed by atoms with Crippen molar-refractivity contribution in [3.05, 3.63) is 29.8 Å². The molecule has 0 aromatic heterocycles. The molecule has 1 aromatic carbocycles. The number of nitrogens with zero attached hydrogens (tertiary/aromatic N) is 1. The standard InChI is InChI=1S/C16H23NO4/c1-4-14(21-13-8-6-7-12(3)11-13)16(20)17(5-2)10-9-15(18)19/h6-8,11,14H,4-5,9-10H2,1-3H3,(H,18,19). The highest BCUT2D eigenvalue weighted by molar-refractivity contribution is 5.81. The van der Waals surface area contributed by atoms with Gasteiger partial charge in [-0.1, -0.05) is 19.1 Å². The lowest BCUT2D eigenvalue weighted by Crippen LogP contribution is -2.42. The molecule has 1 atom stereocenters. The number of ether oxygens (including phenoxy) is 1. The van der Waals surface area contributed by atoms with Crippen molar-refractivity contribution < 1.29 is 19.4 Å². The van der Waals surface area contributed by atoms with Gasteiger partial charge < -0.3 is 14.7 Å². The second-order valence-electron chi connectivity index (χ2n) is 4.89. The van der Waals surface area contributed by atoms with E-state index in [9.17, 15) is 9.59 Å². The van der Waals surface area contributed by atoms with Crippen LogP contribution in [-0.2, 0) is 9.59 Å². The van der Waals surface area contributed by atoms with Crippen molar-refractivity contribution in [2.45, 2.75) is 39.7 Å². The number of carboxylic acids is 1. The Bertz CT molecular complexity index is 487. The Morgan fingerprint density at radius 2 is 2.05 bits per heavy atom. The highest BCUT2D eigenvalue weighted by atomic mass is 16.5. The molecular weight excluding hydrogens is 270 g/mol. The number of likely N-dealkylation sites (N-methyl/N-ethyl adjacent to an activating group) is 1. The van der Waals surface area contributed by atoms with Crippen molar-refractivity contribution in [1.29, 1.82) is 0 Å². The van der Waals surface area contributed by atoms with Gasteiger partial charge in [0.1, 0.15) is 5.75 Å². The Kier molecular flexibility index (Phi) is 6.72. The van der Waals surface area contributed by atoms with Gasteiger partial charge in [0.05, 0.1) is 6.42 Å². The Morgan fingerprint density at radius 1 is 1.33 bits per heavy atom. The van der Waals surface area contributed by atoms with Crippen molar-refractivity contribution in [3.8, 4) is 5.75 Å².